The lowest BCUT2D eigenvalue weighted by Gasteiger charge is -2.28. The Hall–Kier alpha value is -3.32. The second-order valence-corrected chi connectivity index (χ2v) is 8.08. The van der Waals surface area contributed by atoms with E-state index < -0.39 is 28.5 Å². The van der Waals surface area contributed by atoms with Gasteiger partial charge in [-0.25, -0.2) is 18.6 Å². The van der Waals surface area contributed by atoms with Gasteiger partial charge in [0.2, 0.25) is 5.95 Å². The van der Waals surface area contributed by atoms with Gasteiger partial charge in [0.25, 0.3) is 0 Å². The molecule has 2 N–H and O–H groups in total. The van der Waals surface area contributed by atoms with Crippen LogP contribution in [0.25, 0.3) is 0 Å². The molecule has 1 saturated heterocycles. The number of morpholine rings is 1. The Morgan fingerprint density at radius 2 is 1.82 bits per heavy atom. The molecule has 33 heavy (non-hydrogen) atoms. The molecule has 1 aliphatic heterocycles. The van der Waals surface area contributed by atoms with E-state index >= 15 is 0 Å². The molecule has 4 rings (SSSR count). The number of nitrogens with zero attached hydrogens (tertiary/aromatic N) is 4. The van der Waals surface area contributed by atoms with Crippen molar-refractivity contribution in [2.75, 3.05) is 41.2 Å². The van der Waals surface area contributed by atoms with Gasteiger partial charge in [-0.1, -0.05) is 6.07 Å². The summed E-state index contributed by atoms with van der Waals surface area (Å²) in [6, 6.07) is 7.69. The van der Waals surface area contributed by atoms with Crippen molar-refractivity contribution < 1.29 is 26.5 Å². The monoisotopic (exact) mass is 482 g/mol. The first-order chi connectivity index (χ1) is 15.8. The third-order valence-corrected chi connectivity index (χ3v) is 5.61. The Bertz CT molecular complexity index is 1140. The summed E-state index contributed by atoms with van der Waals surface area (Å²) in [5.74, 6) is -0.554. The lowest BCUT2D eigenvalue weighted by molar-refractivity contribution is -0.137. The zero-order valence-electron chi connectivity index (χ0n) is 17.0. The number of ether oxygens (including phenoxy) is 1. The van der Waals surface area contributed by atoms with Crippen LogP contribution >= 0.6 is 0 Å². The largest absolute Gasteiger partial charge is 0.416 e. The SMILES string of the molecule is O=S(Nc1ncc(F)c(N2CCOCC2)n1)c1ccc(Nc2cccc(C(F)(F)F)c2)cn1. The molecule has 0 bridgehead atoms. The minimum Gasteiger partial charge on any atom is -0.378 e. The van der Waals surface area contributed by atoms with Crippen molar-refractivity contribution in [1.29, 1.82) is 0 Å². The average molecular weight is 482 g/mol. The van der Waals surface area contributed by atoms with E-state index in [-0.39, 0.29) is 22.5 Å². The smallest absolute Gasteiger partial charge is 0.378 e. The minimum atomic E-state index is -4.45. The van der Waals surface area contributed by atoms with Crippen LogP contribution in [0.15, 0.2) is 53.8 Å². The summed E-state index contributed by atoms with van der Waals surface area (Å²) in [6.45, 7) is 1.84. The highest BCUT2D eigenvalue weighted by Crippen LogP contribution is 2.31. The van der Waals surface area contributed by atoms with E-state index in [4.69, 9.17) is 4.74 Å². The summed E-state index contributed by atoms with van der Waals surface area (Å²) in [7, 11) is -1.85. The van der Waals surface area contributed by atoms with Crippen LogP contribution in [0, 0.1) is 5.82 Å². The number of hydrogen-bond donors (Lipinski definition) is 2. The zero-order chi connectivity index (χ0) is 23.4. The maximum Gasteiger partial charge on any atom is 0.416 e. The Balaban J connectivity index is 1.43. The summed E-state index contributed by atoms with van der Waals surface area (Å²) in [6.07, 6.45) is -2.13. The maximum absolute atomic E-state index is 14.1. The zero-order valence-corrected chi connectivity index (χ0v) is 17.8. The molecule has 0 amide bonds. The third kappa shape index (κ3) is 5.73. The molecule has 8 nitrogen and oxygen atoms in total. The van der Waals surface area contributed by atoms with Gasteiger partial charge in [0.15, 0.2) is 22.6 Å². The Kier molecular flexibility index (Phi) is 6.70. The molecule has 0 spiro atoms. The number of rotatable bonds is 6. The van der Waals surface area contributed by atoms with Crippen molar-refractivity contribution in [3.8, 4) is 0 Å². The van der Waals surface area contributed by atoms with Crippen LogP contribution in [-0.4, -0.2) is 45.5 Å². The normalized spacial score (nSPS) is 15.2. The van der Waals surface area contributed by atoms with Crippen LogP contribution in [0.4, 0.5) is 40.7 Å². The molecule has 0 aliphatic carbocycles. The number of pyridine rings is 1. The van der Waals surface area contributed by atoms with Gasteiger partial charge in [0, 0.05) is 18.8 Å². The van der Waals surface area contributed by atoms with Gasteiger partial charge in [-0.3, -0.25) is 4.72 Å². The fraction of sp³-hybridized carbons (Fsp3) is 0.250. The van der Waals surface area contributed by atoms with E-state index in [1.807, 2.05) is 0 Å². The highest BCUT2D eigenvalue weighted by Gasteiger charge is 2.30. The molecule has 174 valence electrons. The molecule has 1 fully saturated rings. The van der Waals surface area contributed by atoms with E-state index in [0.29, 0.717) is 32.0 Å². The van der Waals surface area contributed by atoms with E-state index in [1.54, 1.807) is 4.90 Å². The van der Waals surface area contributed by atoms with E-state index in [1.165, 1.54) is 30.5 Å². The van der Waals surface area contributed by atoms with Gasteiger partial charge in [-0.05, 0) is 30.3 Å². The number of alkyl halides is 3. The summed E-state index contributed by atoms with van der Waals surface area (Å²) >= 11 is 0. The first-order valence-electron chi connectivity index (χ1n) is 9.73. The number of benzene rings is 1. The summed E-state index contributed by atoms with van der Waals surface area (Å²) in [5, 5.41) is 2.95. The predicted molar refractivity (Wildman–Crippen MR) is 114 cm³/mol. The van der Waals surface area contributed by atoms with Crippen LogP contribution in [0.5, 0.6) is 0 Å². The van der Waals surface area contributed by atoms with E-state index in [0.717, 1.165) is 18.3 Å². The number of hydrogen-bond acceptors (Lipinski definition) is 7. The minimum absolute atomic E-state index is 0.0378. The van der Waals surface area contributed by atoms with Crippen molar-refractivity contribution in [3.63, 3.8) is 0 Å². The quantitative estimate of drug-likeness (QED) is 0.517. The van der Waals surface area contributed by atoms with Crippen molar-refractivity contribution in [1.82, 2.24) is 15.0 Å². The van der Waals surface area contributed by atoms with Crippen molar-refractivity contribution in [2.45, 2.75) is 11.2 Å². The molecule has 3 aromatic rings. The highest BCUT2D eigenvalue weighted by molar-refractivity contribution is 7.86. The number of aromatic nitrogens is 3. The lowest BCUT2D eigenvalue weighted by Crippen LogP contribution is -2.37. The second kappa shape index (κ2) is 9.67. The third-order valence-electron chi connectivity index (χ3n) is 4.63. The fourth-order valence-electron chi connectivity index (χ4n) is 3.04. The molecule has 1 aliphatic rings. The standard InChI is InChI=1S/C20H18F4N6O2S/c21-16-12-26-19(28-18(16)30-6-8-32-9-7-30)29-33(31)17-5-4-15(11-25-17)27-14-3-1-2-13(10-14)20(22,23)24/h1-5,10-12,27H,6-9H2,(H,26,28,29). The van der Waals surface area contributed by atoms with Crippen LogP contribution in [0.1, 0.15) is 5.56 Å². The van der Waals surface area contributed by atoms with Gasteiger partial charge < -0.3 is 15.0 Å². The van der Waals surface area contributed by atoms with Crippen LogP contribution in [-0.2, 0) is 21.9 Å². The highest BCUT2D eigenvalue weighted by atomic mass is 32.2. The Morgan fingerprint density at radius 1 is 1.03 bits per heavy atom. The molecule has 1 aromatic carbocycles. The molecule has 0 saturated carbocycles. The van der Waals surface area contributed by atoms with Gasteiger partial charge >= 0.3 is 6.18 Å². The number of anilines is 4. The number of nitrogens with one attached hydrogen (secondary N) is 2. The molecule has 1 unspecified atom stereocenters. The van der Waals surface area contributed by atoms with E-state index in [2.05, 4.69) is 25.0 Å². The van der Waals surface area contributed by atoms with Crippen molar-refractivity contribution in [3.05, 3.63) is 60.2 Å². The maximum atomic E-state index is 14.1. The Morgan fingerprint density at radius 3 is 2.52 bits per heavy atom. The van der Waals surface area contributed by atoms with Gasteiger partial charge in [-0.15, -0.1) is 0 Å². The molecule has 3 heterocycles. The van der Waals surface area contributed by atoms with Gasteiger partial charge in [0.1, 0.15) is 5.03 Å². The van der Waals surface area contributed by atoms with Crippen LogP contribution < -0.4 is 14.9 Å². The van der Waals surface area contributed by atoms with Crippen molar-refractivity contribution in [2.24, 2.45) is 0 Å². The summed E-state index contributed by atoms with van der Waals surface area (Å²) < 4.78 is 73.1. The van der Waals surface area contributed by atoms with Crippen LogP contribution in [0.3, 0.4) is 0 Å². The topological polar surface area (TPSA) is 92.3 Å². The average Bonchev–Trinajstić information content (AvgIpc) is 2.81. The second-order valence-electron chi connectivity index (χ2n) is 6.92. The summed E-state index contributed by atoms with van der Waals surface area (Å²) in [5.41, 5.74) is -0.144. The van der Waals surface area contributed by atoms with Gasteiger partial charge in [0.05, 0.1) is 36.9 Å². The fourth-order valence-corrected chi connectivity index (χ4v) is 3.75. The van der Waals surface area contributed by atoms with Crippen molar-refractivity contribution >= 4 is 34.1 Å². The summed E-state index contributed by atoms with van der Waals surface area (Å²) in [4.78, 5) is 13.7. The molecular formula is C20H18F4N6O2S. The van der Waals surface area contributed by atoms with E-state index in [9.17, 15) is 21.8 Å². The lowest BCUT2D eigenvalue weighted by atomic mass is 10.2. The van der Waals surface area contributed by atoms with Gasteiger partial charge in [-0.2, -0.15) is 18.2 Å². The Labute approximate surface area is 188 Å². The molecular weight excluding hydrogens is 464 g/mol. The molecule has 13 heteroatoms. The first-order valence-corrected chi connectivity index (χ1v) is 10.9. The molecule has 0 radical (unpaired) electrons. The predicted octanol–water partition coefficient (Wildman–Crippen LogP) is 3.74. The first kappa shape index (κ1) is 22.9. The molecule has 2 aromatic heterocycles. The molecule has 1 atom stereocenters. The van der Waals surface area contributed by atoms with Crippen LogP contribution in [0.2, 0.25) is 0 Å². The number of halogens is 4.